The topological polar surface area (TPSA) is 101 Å². The molecule has 0 radical (unpaired) electrons. The lowest BCUT2D eigenvalue weighted by molar-refractivity contribution is -0.115. The van der Waals surface area contributed by atoms with E-state index in [0.29, 0.717) is 28.0 Å². The highest BCUT2D eigenvalue weighted by Gasteiger charge is 2.28. The number of carbonyl (C=O) groups is 1. The van der Waals surface area contributed by atoms with Gasteiger partial charge in [-0.25, -0.2) is 4.98 Å². The van der Waals surface area contributed by atoms with Crippen molar-refractivity contribution in [1.82, 2.24) is 20.2 Å². The first-order valence-corrected chi connectivity index (χ1v) is 11.4. The highest BCUT2D eigenvalue weighted by Crippen LogP contribution is 2.42. The monoisotopic (exact) mass is 421 g/mol. The molecule has 1 aliphatic carbocycles. The van der Waals surface area contributed by atoms with Gasteiger partial charge in [0.05, 0.1) is 16.4 Å². The zero-order chi connectivity index (χ0) is 19.1. The third-order valence-corrected chi connectivity index (χ3v) is 7.78. The van der Waals surface area contributed by atoms with Gasteiger partial charge in [-0.1, -0.05) is 11.3 Å². The maximum Gasteiger partial charge on any atom is 0.259 e. The number of anilines is 1. The first-order chi connectivity index (χ1) is 12.9. The van der Waals surface area contributed by atoms with E-state index in [9.17, 15) is 9.59 Å². The van der Waals surface area contributed by atoms with Crippen molar-refractivity contribution in [2.24, 2.45) is 0 Å². The van der Waals surface area contributed by atoms with Crippen LogP contribution in [-0.2, 0) is 10.5 Å². The summed E-state index contributed by atoms with van der Waals surface area (Å²) in [7, 11) is 0. The molecule has 3 heterocycles. The molecule has 0 saturated heterocycles. The number of hydrogen-bond donors (Lipinski definition) is 2. The molecule has 0 aromatic carbocycles. The van der Waals surface area contributed by atoms with Gasteiger partial charge in [0.15, 0.2) is 0 Å². The van der Waals surface area contributed by atoms with Crippen molar-refractivity contribution < 1.29 is 4.79 Å². The van der Waals surface area contributed by atoms with Gasteiger partial charge in [-0.15, -0.1) is 33.3 Å². The second-order valence-electron chi connectivity index (χ2n) is 6.64. The SMILES string of the molecule is Cc1sc2nc(CSC(C)C(=O)Nc3nnc(C4CC4)s3)[nH]c(=O)c2c1C. The van der Waals surface area contributed by atoms with E-state index in [1.165, 1.54) is 34.4 Å². The molecule has 1 fully saturated rings. The Labute approximate surface area is 168 Å². The van der Waals surface area contributed by atoms with Crippen molar-refractivity contribution in [2.45, 2.75) is 50.5 Å². The molecular weight excluding hydrogens is 402 g/mol. The molecule has 1 aliphatic rings. The van der Waals surface area contributed by atoms with E-state index < -0.39 is 0 Å². The van der Waals surface area contributed by atoms with Crippen molar-refractivity contribution >= 4 is 55.7 Å². The highest BCUT2D eigenvalue weighted by atomic mass is 32.2. The number of amides is 1. The number of nitrogens with one attached hydrogen (secondary N) is 2. The summed E-state index contributed by atoms with van der Waals surface area (Å²) in [5.74, 6) is 1.46. The van der Waals surface area contributed by atoms with Crippen LogP contribution in [0.3, 0.4) is 0 Å². The molecule has 10 heteroatoms. The molecule has 1 saturated carbocycles. The molecule has 0 bridgehead atoms. The van der Waals surface area contributed by atoms with Crippen LogP contribution in [0.15, 0.2) is 4.79 Å². The summed E-state index contributed by atoms with van der Waals surface area (Å²) in [6.45, 7) is 5.76. The molecular formula is C17H19N5O2S3. The second-order valence-corrected chi connectivity index (χ2v) is 10.2. The van der Waals surface area contributed by atoms with Crippen LogP contribution in [0, 0.1) is 13.8 Å². The molecule has 1 atom stereocenters. The van der Waals surface area contributed by atoms with Gasteiger partial charge in [0.1, 0.15) is 15.7 Å². The quantitative estimate of drug-likeness (QED) is 0.631. The molecule has 1 amide bonds. The van der Waals surface area contributed by atoms with Crippen LogP contribution < -0.4 is 10.9 Å². The van der Waals surface area contributed by atoms with E-state index in [1.807, 2.05) is 20.8 Å². The Morgan fingerprint density at radius 2 is 2.11 bits per heavy atom. The van der Waals surface area contributed by atoms with E-state index in [0.717, 1.165) is 33.1 Å². The number of rotatable bonds is 6. The Kier molecular flexibility index (Phi) is 5.04. The maximum absolute atomic E-state index is 12.4. The van der Waals surface area contributed by atoms with E-state index >= 15 is 0 Å². The zero-order valence-electron chi connectivity index (χ0n) is 15.2. The lowest BCUT2D eigenvalue weighted by atomic mass is 10.2. The van der Waals surface area contributed by atoms with Crippen LogP contribution in [0.5, 0.6) is 0 Å². The largest absolute Gasteiger partial charge is 0.309 e. The number of H-pyrrole nitrogens is 1. The smallest absolute Gasteiger partial charge is 0.259 e. The van der Waals surface area contributed by atoms with Crippen LogP contribution in [-0.4, -0.2) is 31.3 Å². The average Bonchev–Trinajstić information content (AvgIpc) is 3.31. The Bertz CT molecular complexity index is 1070. The van der Waals surface area contributed by atoms with Gasteiger partial charge in [-0.05, 0) is 39.2 Å². The minimum absolute atomic E-state index is 0.115. The van der Waals surface area contributed by atoms with Crippen molar-refractivity contribution in [3.05, 3.63) is 31.6 Å². The molecule has 27 heavy (non-hydrogen) atoms. The molecule has 3 aromatic rings. The van der Waals surface area contributed by atoms with E-state index in [4.69, 9.17) is 0 Å². The third kappa shape index (κ3) is 3.92. The number of carbonyl (C=O) groups excluding carboxylic acids is 1. The first-order valence-electron chi connectivity index (χ1n) is 8.67. The maximum atomic E-state index is 12.4. The Morgan fingerprint density at radius 1 is 1.33 bits per heavy atom. The second kappa shape index (κ2) is 7.33. The van der Waals surface area contributed by atoms with Crippen molar-refractivity contribution in [1.29, 1.82) is 0 Å². The van der Waals surface area contributed by atoms with Crippen molar-refractivity contribution in [2.75, 3.05) is 5.32 Å². The summed E-state index contributed by atoms with van der Waals surface area (Å²) in [4.78, 5) is 33.9. The predicted octanol–water partition coefficient (Wildman–Crippen LogP) is 3.59. The number of thiophene rings is 1. The zero-order valence-corrected chi connectivity index (χ0v) is 17.6. The Balaban J connectivity index is 1.39. The summed E-state index contributed by atoms with van der Waals surface area (Å²) in [6, 6.07) is 0. The lowest BCUT2D eigenvalue weighted by Crippen LogP contribution is -2.23. The molecule has 3 aromatic heterocycles. The summed E-state index contributed by atoms with van der Waals surface area (Å²) in [6.07, 6.45) is 2.32. The third-order valence-electron chi connectivity index (χ3n) is 4.52. The molecule has 1 unspecified atom stereocenters. The van der Waals surface area contributed by atoms with E-state index in [-0.39, 0.29) is 16.7 Å². The molecule has 142 valence electrons. The number of nitrogens with zero attached hydrogens (tertiary/aromatic N) is 3. The lowest BCUT2D eigenvalue weighted by Gasteiger charge is -2.09. The summed E-state index contributed by atoms with van der Waals surface area (Å²) >= 11 is 4.40. The molecule has 7 nitrogen and oxygen atoms in total. The fourth-order valence-corrected chi connectivity index (χ4v) is 5.35. The number of aryl methyl sites for hydroxylation is 2. The summed E-state index contributed by atoms with van der Waals surface area (Å²) < 4.78 is 0. The number of aromatic nitrogens is 4. The highest BCUT2D eigenvalue weighted by molar-refractivity contribution is 7.99. The summed E-state index contributed by atoms with van der Waals surface area (Å²) in [5, 5.41) is 12.9. The molecule has 0 spiro atoms. The number of aromatic amines is 1. The van der Waals surface area contributed by atoms with Gasteiger partial charge >= 0.3 is 0 Å². The van der Waals surface area contributed by atoms with Crippen LogP contribution in [0.4, 0.5) is 5.13 Å². The average molecular weight is 422 g/mol. The minimum Gasteiger partial charge on any atom is -0.309 e. The fourth-order valence-electron chi connectivity index (χ4n) is 2.63. The van der Waals surface area contributed by atoms with E-state index in [1.54, 1.807) is 0 Å². The van der Waals surface area contributed by atoms with Crippen LogP contribution >= 0.6 is 34.4 Å². The minimum atomic E-state index is -0.300. The standard InChI is InChI=1S/C17H19N5O2S3/c1-7-8(2)26-16-12(7)14(24)18-11(19-16)6-25-9(3)13(23)20-17-22-21-15(27-17)10-4-5-10/h9-10H,4-6H2,1-3H3,(H,18,19,24)(H,20,22,23). The van der Waals surface area contributed by atoms with Gasteiger partial charge < -0.3 is 4.98 Å². The van der Waals surface area contributed by atoms with Crippen LogP contribution in [0.1, 0.15) is 47.0 Å². The normalized spacial score (nSPS) is 15.2. The summed E-state index contributed by atoms with van der Waals surface area (Å²) in [5.41, 5.74) is 0.870. The molecule has 2 N–H and O–H groups in total. The van der Waals surface area contributed by atoms with E-state index in [2.05, 4.69) is 25.5 Å². The van der Waals surface area contributed by atoms with Gasteiger partial charge in [0.2, 0.25) is 11.0 Å². The number of hydrogen-bond acceptors (Lipinski definition) is 8. The first kappa shape index (κ1) is 18.6. The number of fused-ring (bicyclic) bond motifs is 1. The van der Waals surface area contributed by atoms with Gasteiger partial charge in [-0.3, -0.25) is 14.9 Å². The molecule has 0 aliphatic heterocycles. The Hall–Kier alpha value is -1.78. The van der Waals surface area contributed by atoms with Gasteiger partial charge in [0.25, 0.3) is 5.56 Å². The fraction of sp³-hybridized carbons (Fsp3) is 0.471. The van der Waals surface area contributed by atoms with Gasteiger partial charge in [0, 0.05) is 10.8 Å². The van der Waals surface area contributed by atoms with Crippen molar-refractivity contribution in [3.8, 4) is 0 Å². The predicted molar refractivity (Wildman–Crippen MR) is 111 cm³/mol. The van der Waals surface area contributed by atoms with Gasteiger partial charge in [-0.2, -0.15) is 0 Å². The van der Waals surface area contributed by atoms with Crippen LogP contribution in [0.25, 0.3) is 10.2 Å². The molecule has 4 rings (SSSR count). The van der Waals surface area contributed by atoms with Crippen molar-refractivity contribution in [3.63, 3.8) is 0 Å². The van der Waals surface area contributed by atoms with Crippen LogP contribution in [0.2, 0.25) is 0 Å². The Morgan fingerprint density at radius 3 is 2.85 bits per heavy atom. The number of thioether (sulfide) groups is 1.